The van der Waals surface area contributed by atoms with E-state index in [1.54, 1.807) is 12.4 Å². The third-order valence-electron chi connectivity index (χ3n) is 4.80. The minimum Gasteiger partial charge on any atom is -0.458 e. The molecule has 1 aromatic carbocycles. The van der Waals surface area contributed by atoms with Crippen LogP contribution < -0.4 is 4.74 Å². The maximum absolute atomic E-state index is 6.04. The Kier molecular flexibility index (Phi) is 6.78. The van der Waals surface area contributed by atoms with E-state index in [2.05, 4.69) is 21.0 Å². The highest BCUT2D eigenvalue weighted by Crippen LogP contribution is 2.22. The van der Waals surface area contributed by atoms with E-state index < -0.39 is 0 Å². The van der Waals surface area contributed by atoms with Gasteiger partial charge in [-0.15, -0.1) is 0 Å². The highest BCUT2D eigenvalue weighted by molar-refractivity contribution is 5.98. The summed E-state index contributed by atoms with van der Waals surface area (Å²) in [4.78, 5) is 18.0. The lowest BCUT2D eigenvalue weighted by atomic mass is 10.2. The fourth-order valence-electron chi connectivity index (χ4n) is 3.14. The Morgan fingerprint density at radius 2 is 1.41 bits per heavy atom. The first-order valence-corrected chi connectivity index (χ1v) is 10.5. The van der Waals surface area contributed by atoms with Crippen molar-refractivity contribution < 1.29 is 4.74 Å². The van der Waals surface area contributed by atoms with Gasteiger partial charge in [0.05, 0.1) is 34.2 Å². The molecule has 5 nitrogen and oxygen atoms in total. The molecule has 4 rings (SSSR count). The molecule has 0 radical (unpaired) electrons. The van der Waals surface area contributed by atoms with Gasteiger partial charge in [-0.1, -0.05) is 18.2 Å². The molecule has 0 fully saturated rings. The summed E-state index contributed by atoms with van der Waals surface area (Å²) < 4.78 is 6.04. The van der Waals surface area contributed by atoms with E-state index in [-0.39, 0.29) is 0 Å². The lowest BCUT2D eigenvalue weighted by Crippen LogP contribution is -1.97. The second-order valence-corrected chi connectivity index (χ2v) is 7.22. The van der Waals surface area contributed by atoms with Crippen molar-refractivity contribution in [3.63, 3.8) is 0 Å². The molecular weight excluding hydrogens is 396 g/mol. The lowest BCUT2D eigenvalue weighted by Gasteiger charge is -2.06. The van der Waals surface area contributed by atoms with E-state index >= 15 is 0 Å². The van der Waals surface area contributed by atoms with Gasteiger partial charge < -0.3 is 4.74 Å². The van der Waals surface area contributed by atoms with Gasteiger partial charge in [-0.3, -0.25) is 20.0 Å². The van der Waals surface area contributed by atoms with Crippen LogP contribution in [0.1, 0.15) is 31.7 Å². The lowest BCUT2D eigenvalue weighted by molar-refractivity contribution is 0.443. The summed E-state index contributed by atoms with van der Waals surface area (Å²) in [7, 11) is 0. The smallest absolute Gasteiger partial charge is 0.127 e. The second kappa shape index (κ2) is 10.3. The van der Waals surface area contributed by atoms with Gasteiger partial charge >= 0.3 is 0 Å². The Balaban J connectivity index is 1.40. The molecule has 0 amide bonds. The molecule has 0 unspecified atom stereocenters. The first kappa shape index (κ1) is 21.1. The van der Waals surface area contributed by atoms with Crippen LogP contribution in [0.5, 0.6) is 5.75 Å². The Hall–Kier alpha value is -4.12. The van der Waals surface area contributed by atoms with Crippen LogP contribution in [0.4, 0.5) is 5.69 Å². The Morgan fingerprint density at radius 3 is 2.03 bits per heavy atom. The highest BCUT2D eigenvalue weighted by Gasteiger charge is 2.04. The average molecular weight is 421 g/mol. The van der Waals surface area contributed by atoms with Gasteiger partial charge in [0.2, 0.25) is 0 Å². The van der Waals surface area contributed by atoms with Crippen LogP contribution in [0.3, 0.4) is 0 Å². The SMILES string of the molecule is CC(=NC1=CCC=C(Oc2ccc(N=C(C)c3ccccn3)cc2)C=C1)c1ccccn1. The van der Waals surface area contributed by atoms with Gasteiger partial charge in [0.15, 0.2) is 0 Å². The van der Waals surface area contributed by atoms with E-state index in [1.807, 2.05) is 92.7 Å². The van der Waals surface area contributed by atoms with Crippen molar-refractivity contribution in [1.82, 2.24) is 9.97 Å². The number of ether oxygens (including phenoxy) is 1. The van der Waals surface area contributed by atoms with Crippen molar-refractivity contribution in [2.24, 2.45) is 9.98 Å². The number of aromatic nitrogens is 2. The topological polar surface area (TPSA) is 59.7 Å². The van der Waals surface area contributed by atoms with Crippen molar-refractivity contribution in [2.45, 2.75) is 20.3 Å². The van der Waals surface area contributed by atoms with Crippen molar-refractivity contribution in [1.29, 1.82) is 0 Å². The predicted octanol–water partition coefficient (Wildman–Crippen LogP) is 6.23. The van der Waals surface area contributed by atoms with Crippen LogP contribution in [0.25, 0.3) is 0 Å². The first-order chi connectivity index (χ1) is 15.7. The van der Waals surface area contributed by atoms with Gasteiger partial charge in [-0.2, -0.15) is 0 Å². The number of benzene rings is 1. The Labute approximate surface area is 188 Å². The monoisotopic (exact) mass is 420 g/mol. The van der Waals surface area contributed by atoms with Crippen LogP contribution >= 0.6 is 0 Å². The van der Waals surface area contributed by atoms with Gasteiger partial charge in [-0.05, 0) is 87.0 Å². The van der Waals surface area contributed by atoms with Crippen LogP contribution in [-0.2, 0) is 0 Å². The molecule has 3 aromatic rings. The Morgan fingerprint density at radius 1 is 0.750 bits per heavy atom. The molecule has 1 aliphatic rings. The standard InChI is InChI=1S/C27H24N4O/c1-20(26-10-3-5-18-28-26)30-22-8-7-9-24(15-12-22)32-25-16-13-23(14-17-25)31-21(2)27-11-4-6-19-29-27/h3-6,8-19H,7H2,1-2H3. The number of hydrogen-bond acceptors (Lipinski definition) is 5. The zero-order chi connectivity index (χ0) is 22.2. The van der Waals surface area contributed by atoms with Crippen molar-refractivity contribution >= 4 is 17.1 Å². The third kappa shape index (κ3) is 5.73. The molecule has 2 heterocycles. The number of nitrogens with zero attached hydrogens (tertiary/aromatic N) is 4. The molecule has 0 aliphatic heterocycles. The Bertz CT molecular complexity index is 1210. The number of allylic oxidation sites excluding steroid dienone is 4. The highest BCUT2D eigenvalue weighted by atomic mass is 16.5. The third-order valence-corrected chi connectivity index (χ3v) is 4.80. The molecule has 2 aromatic heterocycles. The van der Waals surface area contributed by atoms with Gasteiger partial charge in [0, 0.05) is 12.4 Å². The normalized spacial score (nSPS) is 14.4. The molecule has 0 spiro atoms. The quantitative estimate of drug-likeness (QED) is 0.444. The van der Waals surface area contributed by atoms with E-state index in [1.165, 1.54) is 0 Å². The number of hydrogen-bond donors (Lipinski definition) is 0. The zero-order valence-electron chi connectivity index (χ0n) is 18.1. The fourth-order valence-corrected chi connectivity index (χ4v) is 3.14. The van der Waals surface area contributed by atoms with E-state index in [0.29, 0.717) is 0 Å². The summed E-state index contributed by atoms with van der Waals surface area (Å²) in [5.41, 5.74) is 5.23. The molecule has 5 heteroatoms. The summed E-state index contributed by atoms with van der Waals surface area (Å²) >= 11 is 0. The summed E-state index contributed by atoms with van der Waals surface area (Å²) in [6, 6.07) is 19.3. The molecule has 0 saturated heterocycles. The molecule has 32 heavy (non-hydrogen) atoms. The summed E-state index contributed by atoms with van der Waals surface area (Å²) in [6.07, 6.45) is 12.3. The average Bonchev–Trinajstić information content (AvgIpc) is 3.06. The molecule has 0 bridgehead atoms. The molecule has 1 aliphatic carbocycles. The number of pyridine rings is 2. The summed E-state index contributed by atoms with van der Waals surface area (Å²) in [5.74, 6) is 1.54. The van der Waals surface area contributed by atoms with E-state index in [0.717, 1.165) is 52.1 Å². The van der Waals surface area contributed by atoms with Gasteiger partial charge in [0.25, 0.3) is 0 Å². The van der Waals surface area contributed by atoms with Crippen molar-refractivity contribution in [2.75, 3.05) is 0 Å². The van der Waals surface area contributed by atoms with E-state index in [4.69, 9.17) is 9.73 Å². The number of aliphatic imine (C=N–C) groups is 2. The van der Waals surface area contributed by atoms with Crippen LogP contribution in [0, 0.1) is 0 Å². The van der Waals surface area contributed by atoms with Crippen molar-refractivity contribution in [3.8, 4) is 5.75 Å². The predicted molar refractivity (Wildman–Crippen MR) is 130 cm³/mol. The second-order valence-electron chi connectivity index (χ2n) is 7.22. The fraction of sp³-hybridized carbons (Fsp3) is 0.111. The maximum Gasteiger partial charge on any atom is 0.127 e. The zero-order valence-corrected chi connectivity index (χ0v) is 18.1. The summed E-state index contributed by atoms with van der Waals surface area (Å²) in [5, 5.41) is 0. The molecule has 0 atom stereocenters. The van der Waals surface area contributed by atoms with Crippen LogP contribution in [0.2, 0.25) is 0 Å². The minimum absolute atomic E-state index is 0.738. The van der Waals surface area contributed by atoms with Gasteiger partial charge in [-0.25, -0.2) is 0 Å². The van der Waals surface area contributed by atoms with Crippen LogP contribution in [-0.4, -0.2) is 21.4 Å². The van der Waals surface area contributed by atoms with E-state index in [9.17, 15) is 0 Å². The minimum atomic E-state index is 0.738. The number of rotatable bonds is 6. The maximum atomic E-state index is 6.04. The first-order valence-electron chi connectivity index (χ1n) is 10.5. The molecular formula is C27H24N4O. The molecule has 0 saturated carbocycles. The molecule has 158 valence electrons. The largest absolute Gasteiger partial charge is 0.458 e. The van der Waals surface area contributed by atoms with Crippen molar-refractivity contribution in [3.05, 3.63) is 120 Å². The molecule has 0 N–H and O–H groups in total. The van der Waals surface area contributed by atoms with Gasteiger partial charge in [0.1, 0.15) is 11.5 Å². The summed E-state index contributed by atoms with van der Waals surface area (Å²) in [6.45, 7) is 3.92. The van der Waals surface area contributed by atoms with Crippen LogP contribution in [0.15, 0.2) is 119 Å².